The molecule has 0 unspecified atom stereocenters. The second kappa shape index (κ2) is 7.20. The Kier molecular flexibility index (Phi) is 4.18. The number of fused-ring (bicyclic) bond motifs is 4. The van der Waals surface area contributed by atoms with Gasteiger partial charge in [-0.25, -0.2) is 0 Å². The first-order valence-corrected chi connectivity index (χ1v) is 10.6. The number of aryl methyl sites for hydroxylation is 1. The summed E-state index contributed by atoms with van der Waals surface area (Å²) in [5, 5.41) is 15.8. The number of hydrogen-bond donors (Lipinski definition) is 2. The standard InChI is InChI=1S/C26H21N5O/c1-15-13-19(16(2)28-21-9-6-10-22-24(21)30-31-29-22)25-20(14-15)23-26(32-25)18(11-12-27-23)17-7-4-3-5-8-17/h3-14,16,28H,1-2H3,(H,29,30,31)/t16-/m1/s1. The number of aromatic amines is 1. The third-order valence-corrected chi connectivity index (χ3v) is 5.90. The van der Waals surface area contributed by atoms with E-state index in [-0.39, 0.29) is 6.04 Å². The van der Waals surface area contributed by atoms with Crippen molar-refractivity contribution >= 4 is 38.8 Å². The van der Waals surface area contributed by atoms with Crippen LogP contribution in [-0.4, -0.2) is 20.4 Å². The fourth-order valence-corrected chi connectivity index (χ4v) is 4.40. The smallest absolute Gasteiger partial charge is 0.161 e. The normalized spacial score (nSPS) is 12.6. The molecule has 6 rings (SSSR count). The molecule has 6 aromatic rings. The van der Waals surface area contributed by atoms with Crippen LogP contribution in [-0.2, 0) is 0 Å². The number of para-hydroxylation sites is 1. The fraction of sp³-hybridized carbons (Fsp3) is 0.115. The Labute approximate surface area is 184 Å². The third-order valence-electron chi connectivity index (χ3n) is 5.90. The molecule has 3 aromatic carbocycles. The number of rotatable bonds is 4. The second-order valence-corrected chi connectivity index (χ2v) is 8.10. The molecule has 0 aliphatic heterocycles. The number of H-pyrrole nitrogens is 1. The molecule has 6 heteroatoms. The van der Waals surface area contributed by atoms with E-state index in [2.05, 4.69) is 63.8 Å². The van der Waals surface area contributed by atoms with Crippen LogP contribution in [0.15, 0.2) is 77.3 Å². The van der Waals surface area contributed by atoms with Crippen molar-refractivity contribution in [1.82, 2.24) is 20.4 Å². The Morgan fingerprint density at radius 1 is 0.906 bits per heavy atom. The van der Waals surface area contributed by atoms with Crippen LogP contribution in [0.2, 0.25) is 0 Å². The van der Waals surface area contributed by atoms with Gasteiger partial charge < -0.3 is 9.73 Å². The summed E-state index contributed by atoms with van der Waals surface area (Å²) in [6, 6.07) is 22.5. The highest BCUT2D eigenvalue weighted by Crippen LogP contribution is 2.38. The molecule has 3 heterocycles. The largest absolute Gasteiger partial charge is 0.453 e. The number of anilines is 1. The maximum absolute atomic E-state index is 6.52. The number of aromatic nitrogens is 4. The molecular formula is C26H21N5O. The molecular weight excluding hydrogens is 398 g/mol. The van der Waals surface area contributed by atoms with Crippen LogP contribution in [0.25, 0.3) is 44.2 Å². The van der Waals surface area contributed by atoms with Gasteiger partial charge in [0.25, 0.3) is 0 Å². The van der Waals surface area contributed by atoms with Crippen molar-refractivity contribution < 1.29 is 4.42 Å². The minimum Gasteiger partial charge on any atom is -0.453 e. The quantitative estimate of drug-likeness (QED) is 0.346. The van der Waals surface area contributed by atoms with Crippen molar-refractivity contribution in [3.63, 3.8) is 0 Å². The summed E-state index contributed by atoms with van der Waals surface area (Å²) in [4.78, 5) is 4.68. The van der Waals surface area contributed by atoms with Crippen LogP contribution < -0.4 is 5.32 Å². The molecule has 0 saturated heterocycles. The minimum absolute atomic E-state index is 0.0135. The van der Waals surface area contributed by atoms with Gasteiger partial charge >= 0.3 is 0 Å². The Morgan fingerprint density at radius 3 is 2.66 bits per heavy atom. The van der Waals surface area contributed by atoms with Crippen LogP contribution in [0.4, 0.5) is 5.69 Å². The first-order chi connectivity index (χ1) is 15.7. The molecule has 6 nitrogen and oxygen atoms in total. The lowest BCUT2D eigenvalue weighted by Crippen LogP contribution is -2.07. The highest BCUT2D eigenvalue weighted by molar-refractivity contribution is 6.08. The van der Waals surface area contributed by atoms with Gasteiger partial charge in [-0.1, -0.05) is 42.5 Å². The predicted octanol–water partition coefficient (Wildman–Crippen LogP) is 6.40. The molecule has 156 valence electrons. The van der Waals surface area contributed by atoms with E-state index in [0.717, 1.165) is 61.0 Å². The van der Waals surface area contributed by atoms with E-state index in [1.165, 1.54) is 0 Å². The summed E-state index contributed by atoms with van der Waals surface area (Å²) < 4.78 is 6.52. The average molecular weight is 419 g/mol. The van der Waals surface area contributed by atoms with Crippen LogP contribution in [0.3, 0.4) is 0 Å². The van der Waals surface area contributed by atoms with Gasteiger partial charge in [-0.15, -0.1) is 0 Å². The fourth-order valence-electron chi connectivity index (χ4n) is 4.40. The highest BCUT2D eigenvalue weighted by atomic mass is 16.3. The third kappa shape index (κ3) is 2.92. The number of nitrogens with zero attached hydrogens (tertiary/aromatic N) is 3. The molecule has 2 N–H and O–H groups in total. The maximum Gasteiger partial charge on any atom is 0.161 e. The van der Waals surface area contributed by atoms with Gasteiger partial charge in [0.15, 0.2) is 5.58 Å². The van der Waals surface area contributed by atoms with E-state index in [1.807, 2.05) is 48.7 Å². The van der Waals surface area contributed by atoms with E-state index in [1.54, 1.807) is 0 Å². The molecule has 0 bridgehead atoms. The summed E-state index contributed by atoms with van der Waals surface area (Å²) in [6.45, 7) is 4.24. The van der Waals surface area contributed by atoms with Crippen molar-refractivity contribution in [3.8, 4) is 11.1 Å². The number of benzene rings is 3. The van der Waals surface area contributed by atoms with Gasteiger partial charge in [-0.05, 0) is 49.2 Å². The van der Waals surface area contributed by atoms with E-state index in [9.17, 15) is 0 Å². The van der Waals surface area contributed by atoms with Gasteiger partial charge in [0.05, 0.1) is 11.7 Å². The van der Waals surface area contributed by atoms with E-state index in [4.69, 9.17) is 4.42 Å². The van der Waals surface area contributed by atoms with Crippen molar-refractivity contribution in [2.45, 2.75) is 19.9 Å². The molecule has 0 aliphatic carbocycles. The Bertz CT molecular complexity index is 1580. The van der Waals surface area contributed by atoms with Crippen molar-refractivity contribution in [1.29, 1.82) is 0 Å². The molecule has 0 amide bonds. The van der Waals surface area contributed by atoms with Gasteiger partial charge in [-0.2, -0.15) is 15.4 Å². The molecule has 0 radical (unpaired) electrons. The number of furan rings is 1. The molecule has 32 heavy (non-hydrogen) atoms. The predicted molar refractivity (Wildman–Crippen MR) is 128 cm³/mol. The number of nitrogens with one attached hydrogen (secondary N) is 2. The summed E-state index contributed by atoms with van der Waals surface area (Å²) >= 11 is 0. The molecule has 0 aliphatic rings. The van der Waals surface area contributed by atoms with Gasteiger partial charge in [0.2, 0.25) is 0 Å². The molecule has 0 saturated carbocycles. The minimum atomic E-state index is -0.0135. The molecule has 3 aromatic heterocycles. The van der Waals surface area contributed by atoms with Crippen LogP contribution in [0.5, 0.6) is 0 Å². The first-order valence-electron chi connectivity index (χ1n) is 10.6. The molecule has 0 spiro atoms. The Balaban J connectivity index is 1.52. The maximum atomic E-state index is 6.52. The number of hydrogen-bond acceptors (Lipinski definition) is 5. The van der Waals surface area contributed by atoms with Gasteiger partial charge in [-0.3, -0.25) is 4.98 Å². The zero-order valence-corrected chi connectivity index (χ0v) is 17.8. The van der Waals surface area contributed by atoms with Crippen molar-refractivity contribution in [3.05, 3.63) is 84.1 Å². The molecule has 0 fully saturated rings. The van der Waals surface area contributed by atoms with Crippen LogP contribution >= 0.6 is 0 Å². The lowest BCUT2D eigenvalue weighted by molar-refractivity contribution is 0.658. The zero-order chi connectivity index (χ0) is 21.7. The molecule has 1 atom stereocenters. The number of pyridine rings is 1. The van der Waals surface area contributed by atoms with Gasteiger partial charge in [0, 0.05) is 22.7 Å². The van der Waals surface area contributed by atoms with Crippen LogP contribution in [0.1, 0.15) is 24.1 Å². The monoisotopic (exact) mass is 419 g/mol. The SMILES string of the molecule is Cc1cc([C@@H](C)Nc2cccc3n[nH]nc23)c2oc3c(-c4ccccc4)ccnc3c2c1. The van der Waals surface area contributed by atoms with E-state index in [0.29, 0.717) is 0 Å². The lowest BCUT2D eigenvalue weighted by atomic mass is 10.0. The van der Waals surface area contributed by atoms with Crippen LogP contribution in [0, 0.1) is 6.92 Å². The first kappa shape index (κ1) is 18.6. The Hall–Kier alpha value is -4.19. The van der Waals surface area contributed by atoms with E-state index < -0.39 is 0 Å². The average Bonchev–Trinajstić information content (AvgIpc) is 3.44. The van der Waals surface area contributed by atoms with Crippen molar-refractivity contribution in [2.24, 2.45) is 0 Å². The Morgan fingerprint density at radius 2 is 1.78 bits per heavy atom. The lowest BCUT2D eigenvalue weighted by Gasteiger charge is -2.17. The second-order valence-electron chi connectivity index (χ2n) is 8.10. The topological polar surface area (TPSA) is 79.6 Å². The van der Waals surface area contributed by atoms with E-state index >= 15 is 0 Å². The zero-order valence-electron chi connectivity index (χ0n) is 17.8. The summed E-state index contributed by atoms with van der Waals surface area (Å²) in [5.74, 6) is 0. The van der Waals surface area contributed by atoms with Gasteiger partial charge in [0.1, 0.15) is 22.1 Å². The summed E-state index contributed by atoms with van der Waals surface area (Å²) in [6.07, 6.45) is 1.86. The highest BCUT2D eigenvalue weighted by Gasteiger charge is 2.20. The van der Waals surface area contributed by atoms with Crippen molar-refractivity contribution in [2.75, 3.05) is 5.32 Å². The summed E-state index contributed by atoms with van der Waals surface area (Å²) in [7, 11) is 0. The summed E-state index contributed by atoms with van der Waals surface area (Å²) in [5.41, 5.74) is 9.53.